The molecule has 0 radical (unpaired) electrons. The second-order valence-electron chi connectivity index (χ2n) is 7.59. The van der Waals surface area contributed by atoms with Gasteiger partial charge in [0.05, 0.1) is 17.6 Å². The van der Waals surface area contributed by atoms with Gasteiger partial charge in [-0.2, -0.15) is 4.31 Å². The van der Waals surface area contributed by atoms with Crippen LogP contribution in [0.15, 0.2) is 47.4 Å². The molecule has 7 nitrogen and oxygen atoms in total. The monoisotopic (exact) mass is 430 g/mol. The third-order valence-corrected chi connectivity index (χ3v) is 7.31. The normalized spacial score (nSPS) is 15.6. The highest BCUT2D eigenvalue weighted by atomic mass is 32.2. The Morgan fingerprint density at radius 2 is 1.63 bits per heavy atom. The fraction of sp³-hybridized carbons (Fsp3) is 0.364. The highest BCUT2D eigenvalue weighted by molar-refractivity contribution is 7.89. The quantitative estimate of drug-likeness (QED) is 0.734. The summed E-state index contributed by atoms with van der Waals surface area (Å²) >= 11 is 0. The molecule has 1 amide bonds. The predicted molar refractivity (Wildman–Crippen MR) is 114 cm³/mol. The summed E-state index contributed by atoms with van der Waals surface area (Å²) in [6, 6.07) is 10.8. The first kappa shape index (κ1) is 22.0. The number of nitrogens with one attached hydrogen (secondary N) is 1. The van der Waals surface area contributed by atoms with Crippen LogP contribution in [0.25, 0.3) is 0 Å². The van der Waals surface area contributed by atoms with Gasteiger partial charge in [0, 0.05) is 24.3 Å². The van der Waals surface area contributed by atoms with Gasteiger partial charge in [0.1, 0.15) is 0 Å². The Kier molecular flexibility index (Phi) is 6.58. The third kappa shape index (κ3) is 4.71. The molecule has 0 atom stereocenters. The number of anilines is 1. The van der Waals surface area contributed by atoms with Crippen molar-refractivity contribution in [3.63, 3.8) is 0 Å². The van der Waals surface area contributed by atoms with Gasteiger partial charge in [0.15, 0.2) is 0 Å². The summed E-state index contributed by atoms with van der Waals surface area (Å²) in [6.45, 7) is 4.94. The number of benzene rings is 2. The molecular formula is C22H26N2O5S. The Bertz CT molecular complexity index is 1040. The lowest BCUT2D eigenvalue weighted by Gasteiger charge is -2.29. The molecule has 30 heavy (non-hydrogen) atoms. The molecule has 1 saturated heterocycles. The highest BCUT2D eigenvalue weighted by Gasteiger charge is 2.28. The van der Waals surface area contributed by atoms with Crippen LogP contribution in [0, 0.1) is 12.8 Å². The first-order valence-electron chi connectivity index (χ1n) is 9.83. The molecule has 1 aliphatic rings. The van der Waals surface area contributed by atoms with Gasteiger partial charge in [0.2, 0.25) is 10.0 Å². The van der Waals surface area contributed by atoms with Crippen molar-refractivity contribution in [1.29, 1.82) is 0 Å². The second-order valence-corrected chi connectivity index (χ2v) is 9.52. The minimum absolute atomic E-state index is 0.187. The molecule has 8 heteroatoms. The average Bonchev–Trinajstić information content (AvgIpc) is 2.75. The molecular weight excluding hydrogens is 404 g/mol. The minimum Gasteiger partial charge on any atom is -0.465 e. The van der Waals surface area contributed by atoms with Crippen LogP contribution < -0.4 is 5.32 Å². The Hall–Kier alpha value is -2.71. The number of sulfonamides is 1. The standard InChI is InChI=1S/C22H26N2O5S/c1-15-10-12-24(13-11-15)30(27,28)19-7-4-17(5-8-19)21(25)23-20-9-6-18(14-16(20)2)22(26)29-3/h4-9,14-15H,10-13H2,1-3H3,(H,23,25). The molecule has 2 aromatic carbocycles. The van der Waals surface area contributed by atoms with Crippen molar-refractivity contribution in [2.24, 2.45) is 5.92 Å². The molecule has 3 rings (SSSR count). The molecule has 1 aliphatic heterocycles. The number of aryl methyl sites for hydroxylation is 1. The van der Waals surface area contributed by atoms with E-state index < -0.39 is 16.0 Å². The number of amides is 1. The van der Waals surface area contributed by atoms with Crippen LogP contribution >= 0.6 is 0 Å². The lowest BCUT2D eigenvalue weighted by atomic mass is 10.0. The van der Waals surface area contributed by atoms with E-state index in [9.17, 15) is 18.0 Å². The molecule has 0 bridgehead atoms. The van der Waals surface area contributed by atoms with Crippen LogP contribution in [0.2, 0.25) is 0 Å². The maximum Gasteiger partial charge on any atom is 0.337 e. The van der Waals surface area contributed by atoms with E-state index in [4.69, 9.17) is 4.74 Å². The lowest BCUT2D eigenvalue weighted by Crippen LogP contribution is -2.37. The fourth-order valence-corrected chi connectivity index (χ4v) is 4.87. The van der Waals surface area contributed by atoms with Gasteiger partial charge in [-0.15, -0.1) is 0 Å². The number of nitrogens with zero attached hydrogens (tertiary/aromatic N) is 1. The summed E-state index contributed by atoms with van der Waals surface area (Å²) in [5.74, 6) is -0.275. The zero-order chi connectivity index (χ0) is 21.9. The van der Waals surface area contributed by atoms with Crippen molar-refractivity contribution in [1.82, 2.24) is 4.31 Å². The van der Waals surface area contributed by atoms with Crippen LogP contribution in [0.1, 0.15) is 46.0 Å². The number of hydrogen-bond donors (Lipinski definition) is 1. The SMILES string of the molecule is COC(=O)c1ccc(NC(=O)c2ccc(S(=O)(=O)N3CCC(C)CC3)cc2)c(C)c1. The molecule has 0 aliphatic carbocycles. The molecule has 0 spiro atoms. The lowest BCUT2D eigenvalue weighted by molar-refractivity contribution is 0.0600. The van der Waals surface area contributed by atoms with E-state index in [1.54, 1.807) is 25.1 Å². The van der Waals surface area contributed by atoms with Gasteiger partial charge in [-0.3, -0.25) is 4.79 Å². The number of piperidine rings is 1. The van der Waals surface area contributed by atoms with Crippen molar-refractivity contribution < 1.29 is 22.7 Å². The maximum atomic E-state index is 12.8. The molecule has 2 aromatic rings. The molecule has 0 aromatic heterocycles. The van der Waals surface area contributed by atoms with Crippen LogP contribution in [0.3, 0.4) is 0 Å². The van der Waals surface area contributed by atoms with Crippen LogP contribution in [-0.2, 0) is 14.8 Å². The van der Waals surface area contributed by atoms with E-state index in [-0.39, 0.29) is 10.8 Å². The van der Waals surface area contributed by atoms with Crippen molar-refractivity contribution >= 4 is 27.6 Å². The molecule has 1 N–H and O–H groups in total. The Labute approximate surface area is 177 Å². The largest absolute Gasteiger partial charge is 0.465 e. The Balaban J connectivity index is 1.72. The number of rotatable bonds is 5. The van der Waals surface area contributed by atoms with Gasteiger partial charge in [0.25, 0.3) is 5.91 Å². The van der Waals surface area contributed by atoms with E-state index in [0.717, 1.165) is 12.8 Å². The summed E-state index contributed by atoms with van der Waals surface area (Å²) in [7, 11) is -2.24. The average molecular weight is 431 g/mol. The van der Waals surface area contributed by atoms with E-state index in [1.165, 1.54) is 35.7 Å². The van der Waals surface area contributed by atoms with Gasteiger partial charge in [-0.1, -0.05) is 6.92 Å². The van der Waals surface area contributed by atoms with Gasteiger partial charge < -0.3 is 10.1 Å². The van der Waals surface area contributed by atoms with Crippen molar-refractivity contribution in [3.8, 4) is 0 Å². The molecule has 0 saturated carbocycles. The van der Waals surface area contributed by atoms with Gasteiger partial charge in [-0.25, -0.2) is 13.2 Å². The molecule has 0 unspecified atom stereocenters. The fourth-order valence-electron chi connectivity index (χ4n) is 3.40. The number of carbonyl (C=O) groups excluding carboxylic acids is 2. The van der Waals surface area contributed by atoms with Gasteiger partial charge >= 0.3 is 5.97 Å². The molecule has 160 valence electrons. The summed E-state index contributed by atoms with van der Waals surface area (Å²) < 4.78 is 31.8. The third-order valence-electron chi connectivity index (χ3n) is 5.39. The number of esters is 1. The van der Waals surface area contributed by atoms with Crippen molar-refractivity contribution in [2.75, 3.05) is 25.5 Å². The van der Waals surface area contributed by atoms with Crippen molar-refractivity contribution in [2.45, 2.75) is 31.6 Å². The van der Waals surface area contributed by atoms with Crippen molar-refractivity contribution in [3.05, 3.63) is 59.2 Å². The Morgan fingerprint density at radius 3 is 2.20 bits per heavy atom. The summed E-state index contributed by atoms with van der Waals surface area (Å²) in [5, 5.41) is 2.79. The summed E-state index contributed by atoms with van der Waals surface area (Å²) in [4.78, 5) is 24.4. The first-order valence-corrected chi connectivity index (χ1v) is 11.3. The van der Waals surface area contributed by atoms with Gasteiger partial charge in [-0.05, 0) is 73.7 Å². The van der Waals surface area contributed by atoms with E-state index in [1.807, 2.05) is 0 Å². The molecule has 1 heterocycles. The Morgan fingerprint density at radius 1 is 1.03 bits per heavy atom. The zero-order valence-electron chi connectivity index (χ0n) is 17.3. The van der Waals surface area contributed by atoms with Crippen LogP contribution in [0.5, 0.6) is 0 Å². The maximum absolute atomic E-state index is 12.8. The second kappa shape index (κ2) is 8.97. The number of carbonyl (C=O) groups is 2. The minimum atomic E-state index is -3.55. The number of ether oxygens (including phenoxy) is 1. The topological polar surface area (TPSA) is 92.8 Å². The predicted octanol–water partition coefficient (Wildman–Crippen LogP) is 3.45. The molecule has 1 fully saturated rings. The number of hydrogen-bond acceptors (Lipinski definition) is 5. The van der Waals surface area contributed by atoms with E-state index in [2.05, 4.69) is 12.2 Å². The first-order chi connectivity index (χ1) is 14.2. The zero-order valence-corrected chi connectivity index (χ0v) is 18.2. The summed E-state index contributed by atoms with van der Waals surface area (Å²) in [6.07, 6.45) is 1.71. The highest BCUT2D eigenvalue weighted by Crippen LogP contribution is 2.24. The smallest absolute Gasteiger partial charge is 0.337 e. The van der Waals surface area contributed by atoms with Crippen LogP contribution in [-0.4, -0.2) is 44.8 Å². The number of methoxy groups -OCH3 is 1. The van der Waals surface area contributed by atoms with E-state index >= 15 is 0 Å². The summed E-state index contributed by atoms with van der Waals surface area (Å²) in [5.41, 5.74) is 2.02. The van der Waals surface area contributed by atoms with Crippen LogP contribution in [0.4, 0.5) is 5.69 Å². The van der Waals surface area contributed by atoms with E-state index in [0.29, 0.717) is 41.4 Å².